The molecule has 0 fully saturated rings. The first-order chi connectivity index (χ1) is 23.1. The van der Waals surface area contributed by atoms with Crippen molar-refractivity contribution in [2.45, 2.75) is 77.4 Å². The van der Waals surface area contributed by atoms with Crippen molar-refractivity contribution >= 4 is 49.9 Å². The van der Waals surface area contributed by atoms with Gasteiger partial charge in [0.05, 0.1) is 24.6 Å². The van der Waals surface area contributed by atoms with E-state index in [9.17, 15) is 24.3 Å². The quantitative estimate of drug-likeness (QED) is 0.101. The van der Waals surface area contributed by atoms with Crippen LogP contribution in [0.1, 0.15) is 17.5 Å². The molecule has 0 aliphatic rings. The summed E-state index contributed by atoms with van der Waals surface area (Å²) in [5.74, 6) is -1.74. The van der Waals surface area contributed by atoms with Crippen LogP contribution in [0.4, 0.5) is 0 Å². The lowest BCUT2D eigenvalue weighted by Crippen LogP contribution is -2.28. The molecule has 0 saturated carbocycles. The highest BCUT2D eigenvalue weighted by molar-refractivity contribution is 6.76. The van der Waals surface area contributed by atoms with Crippen LogP contribution in [0.15, 0.2) is 58.1 Å². The third-order valence-corrected chi connectivity index (χ3v) is 10.9. The summed E-state index contributed by atoms with van der Waals surface area (Å²) in [7, 11) is 0.162. The minimum atomic E-state index is -1.41. The Balaban J connectivity index is 0.000000266. The Hall–Kier alpha value is -4.03. The van der Waals surface area contributed by atoms with Gasteiger partial charge in [-0.25, -0.2) is 14.2 Å². The van der Waals surface area contributed by atoms with Gasteiger partial charge in [-0.1, -0.05) is 63.5 Å². The van der Waals surface area contributed by atoms with E-state index in [4.69, 9.17) is 14.2 Å². The zero-order chi connectivity index (χ0) is 36.4. The minimum absolute atomic E-state index is 0.144. The van der Waals surface area contributed by atoms with Gasteiger partial charge in [-0.3, -0.25) is 14.4 Å². The Bertz CT molecular complexity index is 1860. The topological polar surface area (TPSA) is 161 Å². The third-order valence-electron chi connectivity index (χ3n) is 7.49. The molecule has 1 atom stereocenters. The number of rotatable bonds is 15. The summed E-state index contributed by atoms with van der Waals surface area (Å²) in [6, 6.07) is 16.2. The molecule has 0 saturated heterocycles. The van der Waals surface area contributed by atoms with Gasteiger partial charge in [-0.15, -0.1) is 0 Å². The van der Waals surface area contributed by atoms with Gasteiger partial charge in [0.15, 0.2) is 0 Å². The molecule has 0 aliphatic heterocycles. The van der Waals surface area contributed by atoms with E-state index in [2.05, 4.69) is 54.2 Å². The summed E-state index contributed by atoms with van der Waals surface area (Å²) in [6.07, 6.45) is -1.56. The fraction of sp³-hybridized carbons (Fsp3) is 0.471. The number of aliphatic carboxylic acids is 1. The van der Waals surface area contributed by atoms with Crippen molar-refractivity contribution < 1.29 is 33.6 Å². The number of esters is 1. The maximum atomic E-state index is 12.6. The van der Waals surface area contributed by atoms with Crippen LogP contribution in [0.2, 0.25) is 51.4 Å². The molecule has 0 bridgehead atoms. The average Bonchev–Trinajstić information content (AvgIpc) is 3.04. The summed E-state index contributed by atoms with van der Waals surface area (Å²) in [4.78, 5) is 47.9. The molecule has 49 heavy (non-hydrogen) atoms. The second-order valence-electron chi connectivity index (χ2n) is 13.9. The van der Waals surface area contributed by atoms with Crippen LogP contribution in [0.5, 0.6) is 0 Å². The van der Waals surface area contributed by atoms with E-state index in [1.165, 1.54) is 18.9 Å². The van der Waals surface area contributed by atoms with Crippen LogP contribution in [0, 0.1) is 0 Å². The summed E-state index contributed by atoms with van der Waals surface area (Å²) in [6.45, 7) is 15.3. The normalized spacial score (nSPS) is 12.4. The molecular weight excluding hydrogens is 665 g/mol. The predicted octanol–water partition coefficient (Wildman–Crippen LogP) is 4.91. The Morgan fingerprint density at radius 1 is 0.755 bits per heavy atom. The van der Waals surface area contributed by atoms with Gasteiger partial charge >= 0.3 is 11.9 Å². The van der Waals surface area contributed by atoms with E-state index >= 15 is 0 Å². The molecular formula is C34H48N4O9Si2. The summed E-state index contributed by atoms with van der Waals surface area (Å²) in [5.41, 5.74) is 0.642. The molecule has 2 aromatic carbocycles. The van der Waals surface area contributed by atoms with Crippen molar-refractivity contribution in [2.75, 3.05) is 27.4 Å². The highest BCUT2D eigenvalue weighted by Gasteiger charge is 2.26. The zero-order valence-electron chi connectivity index (χ0n) is 29.6. The Kier molecular flexibility index (Phi) is 14.1. The highest BCUT2D eigenvalue weighted by atomic mass is 28.3. The van der Waals surface area contributed by atoms with E-state index in [0.717, 1.165) is 12.1 Å². The molecule has 2 aromatic heterocycles. The van der Waals surface area contributed by atoms with Crippen LogP contribution < -0.4 is 10.9 Å². The molecule has 266 valence electrons. The fourth-order valence-corrected chi connectivity index (χ4v) is 6.14. The number of benzene rings is 2. The number of ether oxygens (including phenoxy) is 4. The van der Waals surface area contributed by atoms with Gasteiger partial charge in [-0.2, -0.15) is 10.2 Å². The monoisotopic (exact) mass is 712 g/mol. The minimum Gasteiger partial charge on any atom is -0.479 e. The number of carboxylic acid groups (broad SMARTS) is 1. The first kappa shape index (κ1) is 39.4. The van der Waals surface area contributed by atoms with E-state index in [0.29, 0.717) is 35.0 Å². The Morgan fingerprint density at radius 2 is 1.22 bits per heavy atom. The lowest BCUT2D eigenvalue weighted by atomic mass is 10.1. The van der Waals surface area contributed by atoms with Crippen molar-refractivity contribution in [3.63, 3.8) is 0 Å². The molecule has 4 aromatic rings. The third kappa shape index (κ3) is 11.5. The van der Waals surface area contributed by atoms with Crippen LogP contribution in [-0.2, 0) is 48.4 Å². The lowest BCUT2D eigenvalue weighted by Gasteiger charge is -2.17. The molecule has 0 spiro atoms. The summed E-state index contributed by atoms with van der Waals surface area (Å²) in [5, 5.41) is 18.7. The van der Waals surface area contributed by atoms with Crippen molar-refractivity contribution in [2.24, 2.45) is 0 Å². The van der Waals surface area contributed by atoms with E-state index < -0.39 is 39.6 Å². The molecule has 0 radical (unpaired) electrons. The number of aromatic nitrogens is 4. The van der Waals surface area contributed by atoms with Crippen LogP contribution in [0.3, 0.4) is 0 Å². The fourth-order valence-electron chi connectivity index (χ4n) is 4.63. The SMILES string of the molecule is COC(=O)Cc1nn(COCC[Si](C)(C)C)c2ccccc2c1=O.COC(C(=O)O)c1nn(COCC[Si](C)(C)C)c2ccccc2c1=O. The largest absolute Gasteiger partial charge is 0.479 e. The van der Waals surface area contributed by atoms with Gasteiger partial charge in [-0.05, 0) is 36.4 Å². The molecule has 2 heterocycles. The maximum Gasteiger partial charge on any atom is 0.339 e. The Labute approximate surface area is 287 Å². The second-order valence-corrected chi connectivity index (χ2v) is 25.2. The van der Waals surface area contributed by atoms with Gasteiger partial charge in [0, 0.05) is 47.2 Å². The molecule has 0 aliphatic carbocycles. The van der Waals surface area contributed by atoms with Crippen LogP contribution >= 0.6 is 0 Å². The first-order valence-corrected chi connectivity index (χ1v) is 23.4. The van der Waals surface area contributed by atoms with Gasteiger partial charge in [0.25, 0.3) is 0 Å². The van der Waals surface area contributed by atoms with Crippen molar-refractivity contribution in [3.05, 3.63) is 80.4 Å². The molecule has 4 rings (SSSR count). The van der Waals surface area contributed by atoms with Crippen LogP contribution in [-0.4, -0.2) is 80.2 Å². The van der Waals surface area contributed by atoms with E-state index in [1.54, 1.807) is 41.1 Å². The molecule has 0 amide bonds. The number of carbonyl (C=O) groups excluding carboxylic acids is 1. The molecule has 1 unspecified atom stereocenters. The van der Waals surface area contributed by atoms with Crippen molar-refractivity contribution in [1.82, 2.24) is 19.6 Å². The van der Waals surface area contributed by atoms with Gasteiger partial charge in [0.1, 0.15) is 24.8 Å². The van der Waals surface area contributed by atoms with E-state index in [-0.39, 0.29) is 36.7 Å². The number of carbonyl (C=O) groups is 2. The number of hydrogen-bond acceptors (Lipinski definition) is 10. The average molecular weight is 713 g/mol. The number of carboxylic acids is 1. The van der Waals surface area contributed by atoms with Crippen LogP contribution in [0.25, 0.3) is 21.8 Å². The van der Waals surface area contributed by atoms with Crippen molar-refractivity contribution in [1.29, 1.82) is 0 Å². The van der Waals surface area contributed by atoms with Gasteiger partial charge < -0.3 is 24.1 Å². The number of hydrogen-bond donors (Lipinski definition) is 1. The molecule has 13 nitrogen and oxygen atoms in total. The number of nitrogens with zero attached hydrogens (tertiary/aromatic N) is 4. The Morgan fingerprint density at radius 3 is 1.67 bits per heavy atom. The summed E-state index contributed by atoms with van der Waals surface area (Å²) < 4.78 is 24.2. The molecule has 15 heteroatoms. The smallest absolute Gasteiger partial charge is 0.339 e. The van der Waals surface area contributed by atoms with Crippen molar-refractivity contribution in [3.8, 4) is 0 Å². The first-order valence-electron chi connectivity index (χ1n) is 16.0. The maximum absolute atomic E-state index is 12.6. The molecule has 1 N–H and O–H groups in total. The predicted molar refractivity (Wildman–Crippen MR) is 193 cm³/mol. The lowest BCUT2D eigenvalue weighted by molar-refractivity contribution is -0.149. The second kappa shape index (κ2) is 17.6. The number of methoxy groups -OCH3 is 2. The zero-order valence-corrected chi connectivity index (χ0v) is 31.6. The summed E-state index contributed by atoms with van der Waals surface area (Å²) >= 11 is 0. The van der Waals surface area contributed by atoms with E-state index in [1.807, 2.05) is 12.1 Å². The highest BCUT2D eigenvalue weighted by Crippen LogP contribution is 2.17. The number of fused-ring (bicyclic) bond motifs is 2. The number of para-hydroxylation sites is 2. The van der Waals surface area contributed by atoms with Gasteiger partial charge in [0.2, 0.25) is 17.0 Å². The standard InChI is InChI=1S/C17H24N2O5Si.C17H24N2O4Si/c1-23-16(17(21)22)14-15(20)12-7-5-6-8-13(12)19(18-14)11-24-9-10-25(2,3)4;1-22-16(20)11-14-17(21)13-7-5-6-8-15(13)19(18-14)12-23-9-10-24(2,3)4/h5-8,16H,9-11H2,1-4H3,(H,21,22);5-8H,9-12H2,1-4H3.